The van der Waals surface area contributed by atoms with E-state index in [9.17, 15) is 8.42 Å². The molecule has 1 heterocycles. The minimum absolute atomic E-state index is 0.0682. The zero-order valence-corrected chi connectivity index (χ0v) is 15.4. The number of nitrogens with two attached hydrogens (primary N) is 1. The highest BCUT2D eigenvalue weighted by molar-refractivity contribution is 7.89. The molecule has 2 rings (SSSR count). The quantitative estimate of drug-likeness (QED) is 0.642. The highest BCUT2D eigenvalue weighted by Gasteiger charge is 2.52. The summed E-state index contributed by atoms with van der Waals surface area (Å²) in [6.07, 6.45) is 1.82. The van der Waals surface area contributed by atoms with Crippen LogP contribution in [-0.4, -0.2) is 32.5 Å². The fourth-order valence-corrected chi connectivity index (χ4v) is 2.99. The molecule has 0 amide bonds. The molecule has 0 bridgehead atoms. The van der Waals surface area contributed by atoms with Crippen molar-refractivity contribution in [3.05, 3.63) is 35.3 Å². The van der Waals surface area contributed by atoms with Crippen LogP contribution in [-0.2, 0) is 19.3 Å². The van der Waals surface area contributed by atoms with E-state index in [2.05, 4.69) is 12.6 Å². The number of rotatable bonds is 4. The van der Waals surface area contributed by atoms with Crippen LogP contribution >= 0.6 is 12.6 Å². The molecule has 1 fully saturated rings. The summed E-state index contributed by atoms with van der Waals surface area (Å²) < 4.78 is 34.9. The van der Waals surface area contributed by atoms with E-state index in [-0.39, 0.29) is 4.90 Å². The van der Waals surface area contributed by atoms with Crippen LogP contribution in [0, 0.1) is 0 Å². The van der Waals surface area contributed by atoms with Crippen molar-refractivity contribution in [2.45, 2.75) is 43.8 Å². The van der Waals surface area contributed by atoms with Gasteiger partial charge in [-0.05, 0) is 50.9 Å². The van der Waals surface area contributed by atoms with Crippen LogP contribution in [0.3, 0.4) is 0 Å². The third-order valence-electron chi connectivity index (χ3n) is 4.28. The second-order valence-electron chi connectivity index (χ2n) is 6.58. The van der Waals surface area contributed by atoms with Crippen molar-refractivity contribution in [3.63, 3.8) is 0 Å². The molecule has 1 aliphatic heterocycles. The van der Waals surface area contributed by atoms with Crippen molar-refractivity contribution in [1.29, 1.82) is 0 Å². The normalized spacial score (nSPS) is 20.8. The lowest BCUT2D eigenvalue weighted by molar-refractivity contribution is 0.00578. The van der Waals surface area contributed by atoms with Crippen molar-refractivity contribution in [2.75, 3.05) is 5.75 Å². The maximum absolute atomic E-state index is 11.5. The standard InChI is InChI=1S/C15H22BNO4S2/c1-14(2)15(3,4)21-16(20-14)12(10-22)8-11-6-5-7-13(9-11)23(17,18)19/h5-9,22H,10H2,1-4H3,(H2,17,18,19). The highest BCUT2D eigenvalue weighted by Crippen LogP contribution is 2.39. The van der Waals surface area contributed by atoms with Gasteiger partial charge in [-0.1, -0.05) is 18.2 Å². The van der Waals surface area contributed by atoms with Crippen molar-refractivity contribution < 1.29 is 17.7 Å². The molecule has 23 heavy (non-hydrogen) atoms. The lowest BCUT2D eigenvalue weighted by Crippen LogP contribution is -2.41. The molecule has 0 saturated carbocycles. The predicted molar refractivity (Wildman–Crippen MR) is 95.7 cm³/mol. The smallest absolute Gasteiger partial charge is 0.400 e. The van der Waals surface area contributed by atoms with E-state index in [1.165, 1.54) is 12.1 Å². The number of hydrogen-bond donors (Lipinski definition) is 2. The van der Waals surface area contributed by atoms with E-state index in [4.69, 9.17) is 14.4 Å². The maximum atomic E-state index is 11.5. The van der Waals surface area contributed by atoms with Gasteiger partial charge in [0.05, 0.1) is 16.1 Å². The van der Waals surface area contributed by atoms with E-state index in [1.807, 2.05) is 33.8 Å². The summed E-state index contributed by atoms with van der Waals surface area (Å²) in [6, 6.07) is 6.42. The number of hydrogen-bond acceptors (Lipinski definition) is 5. The largest absolute Gasteiger partial charge is 0.491 e. The Bertz CT molecular complexity index is 713. The van der Waals surface area contributed by atoms with Crippen LogP contribution in [0.15, 0.2) is 34.6 Å². The van der Waals surface area contributed by atoms with Crippen LogP contribution in [0.5, 0.6) is 0 Å². The number of thiol groups is 1. The minimum atomic E-state index is -3.73. The third kappa shape index (κ3) is 4.00. The number of sulfonamides is 1. The van der Waals surface area contributed by atoms with Crippen molar-refractivity contribution in [1.82, 2.24) is 0 Å². The van der Waals surface area contributed by atoms with Gasteiger partial charge in [-0.3, -0.25) is 0 Å². The fraction of sp³-hybridized carbons (Fsp3) is 0.467. The molecule has 1 aromatic carbocycles. The molecule has 1 saturated heterocycles. The first-order valence-corrected chi connectivity index (χ1v) is 9.44. The molecule has 0 unspecified atom stereocenters. The maximum Gasteiger partial charge on any atom is 0.491 e. The van der Waals surface area contributed by atoms with Crippen molar-refractivity contribution in [3.8, 4) is 0 Å². The predicted octanol–water partition coefficient (Wildman–Crippen LogP) is 2.28. The van der Waals surface area contributed by atoms with E-state index in [1.54, 1.807) is 12.1 Å². The van der Waals surface area contributed by atoms with Gasteiger partial charge in [-0.25, -0.2) is 13.6 Å². The van der Waals surface area contributed by atoms with Crippen LogP contribution in [0.25, 0.3) is 6.08 Å². The highest BCUT2D eigenvalue weighted by atomic mass is 32.2. The van der Waals surface area contributed by atoms with E-state index in [0.29, 0.717) is 11.3 Å². The Balaban J connectivity index is 2.34. The van der Waals surface area contributed by atoms with Crippen LogP contribution < -0.4 is 5.14 Å². The van der Waals surface area contributed by atoms with Crippen molar-refractivity contribution in [2.24, 2.45) is 5.14 Å². The molecule has 1 aromatic rings. The van der Waals surface area contributed by atoms with Gasteiger partial charge in [0, 0.05) is 5.75 Å². The molecule has 1 aliphatic rings. The molecule has 0 aliphatic carbocycles. The second-order valence-corrected chi connectivity index (χ2v) is 8.46. The average molecular weight is 355 g/mol. The Morgan fingerprint density at radius 3 is 2.30 bits per heavy atom. The first kappa shape index (κ1) is 18.5. The van der Waals surface area contributed by atoms with Crippen LogP contribution in [0.2, 0.25) is 0 Å². The SMILES string of the molecule is CC1(C)OB(C(=Cc2cccc(S(N)(=O)=O)c2)CS)OC1(C)C. The Hall–Kier alpha value is -0.795. The molecule has 2 N–H and O–H groups in total. The number of primary sulfonamides is 1. The molecular weight excluding hydrogens is 333 g/mol. The van der Waals surface area contributed by atoms with Gasteiger partial charge in [0.15, 0.2) is 0 Å². The molecule has 8 heteroatoms. The molecule has 5 nitrogen and oxygen atoms in total. The lowest BCUT2D eigenvalue weighted by atomic mass is 9.78. The summed E-state index contributed by atoms with van der Waals surface area (Å²) in [5, 5.41) is 5.17. The van der Waals surface area contributed by atoms with Gasteiger partial charge in [-0.15, -0.1) is 0 Å². The van der Waals surface area contributed by atoms with Crippen LogP contribution in [0.1, 0.15) is 33.3 Å². The van der Waals surface area contributed by atoms with Crippen molar-refractivity contribution >= 4 is 35.8 Å². The average Bonchev–Trinajstić information content (AvgIpc) is 2.64. The fourth-order valence-electron chi connectivity index (χ4n) is 2.18. The van der Waals surface area contributed by atoms with E-state index in [0.717, 1.165) is 5.47 Å². The summed E-state index contributed by atoms with van der Waals surface area (Å²) >= 11 is 4.35. The summed E-state index contributed by atoms with van der Waals surface area (Å²) in [6.45, 7) is 7.91. The molecule has 0 spiro atoms. The van der Waals surface area contributed by atoms with Gasteiger partial charge in [0.2, 0.25) is 10.0 Å². The second kappa shape index (κ2) is 6.25. The first-order valence-electron chi connectivity index (χ1n) is 7.26. The molecule has 0 aromatic heterocycles. The van der Waals surface area contributed by atoms with Gasteiger partial charge in [-0.2, -0.15) is 12.6 Å². The summed E-state index contributed by atoms with van der Waals surface area (Å²) in [5.41, 5.74) is 0.637. The zero-order valence-electron chi connectivity index (χ0n) is 13.7. The Morgan fingerprint density at radius 1 is 1.26 bits per heavy atom. The topological polar surface area (TPSA) is 78.6 Å². The van der Waals surface area contributed by atoms with Crippen LogP contribution in [0.4, 0.5) is 0 Å². The van der Waals surface area contributed by atoms with Gasteiger partial charge in [0.1, 0.15) is 0 Å². The summed E-state index contributed by atoms with van der Waals surface area (Å²) in [4.78, 5) is 0.0682. The Kier molecular flexibility index (Phi) is 5.04. The monoisotopic (exact) mass is 355 g/mol. The van der Waals surface area contributed by atoms with Gasteiger partial charge < -0.3 is 9.31 Å². The number of benzene rings is 1. The van der Waals surface area contributed by atoms with E-state index < -0.39 is 28.3 Å². The summed E-state index contributed by atoms with van der Waals surface area (Å²) in [7, 11) is -4.25. The Morgan fingerprint density at radius 2 is 1.83 bits per heavy atom. The molecule has 0 radical (unpaired) electrons. The first-order chi connectivity index (χ1) is 10.5. The van der Waals surface area contributed by atoms with E-state index >= 15 is 0 Å². The van der Waals surface area contributed by atoms with Gasteiger partial charge in [0.25, 0.3) is 0 Å². The van der Waals surface area contributed by atoms with Gasteiger partial charge >= 0.3 is 7.12 Å². The Labute approximate surface area is 143 Å². The third-order valence-corrected chi connectivity index (χ3v) is 5.55. The minimum Gasteiger partial charge on any atom is -0.400 e. The molecule has 0 atom stereocenters. The molecular formula is C15H22BNO4S2. The zero-order chi connectivity index (χ0) is 17.5. The summed E-state index contributed by atoms with van der Waals surface area (Å²) in [5.74, 6) is 0.427. The molecule has 126 valence electrons. The lowest BCUT2D eigenvalue weighted by Gasteiger charge is -2.32.